The first-order chi connectivity index (χ1) is 15.2. The number of amides is 1. The van der Waals surface area contributed by atoms with Crippen LogP contribution in [0.5, 0.6) is 0 Å². The van der Waals surface area contributed by atoms with E-state index in [1.54, 1.807) is 17.2 Å². The summed E-state index contributed by atoms with van der Waals surface area (Å²) in [5, 5.41) is 7.90. The zero-order chi connectivity index (χ0) is 22.9. The summed E-state index contributed by atoms with van der Waals surface area (Å²) in [6, 6.07) is 11.6. The molecule has 1 amide bonds. The molecule has 7 heteroatoms. The number of hydrogen-bond donors (Lipinski definition) is 1. The molecule has 1 aromatic heterocycles. The minimum Gasteiger partial charge on any atom is -0.444 e. The summed E-state index contributed by atoms with van der Waals surface area (Å²) < 4.78 is 20.4. The molecule has 1 aliphatic rings. The molecule has 32 heavy (non-hydrogen) atoms. The summed E-state index contributed by atoms with van der Waals surface area (Å²) in [6.07, 6.45) is 3.25. The zero-order valence-electron chi connectivity index (χ0n) is 19.2. The molecular weight excluding hydrogens is 407 g/mol. The Morgan fingerprint density at radius 1 is 1.22 bits per heavy atom. The van der Waals surface area contributed by atoms with E-state index in [1.165, 1.54) is 0 Å². The molecule has 1 aliphatic heterocycles. The van der Waals surface area contributed by atoms with E-state index in [4.69, 9.17) is 4.74 Å². The van der Waals surface area contributed by atoms with E-state index in [2.05, 4.69) is 22.1 Å². The molecule has 0 bridgehead atoms. The molecule has 1 fully saturated rings. The van der Waals surface area contributed by atoms with Crippen LogP contribution in [0.1, 0.15) is 39.2 Å². The van der Waals surface area contributed by atoms with E-state index in [-0.39, 0.29) is 11.9 Å². The van der Waals surface area contributed by atoms with Crippen LogP contribution in [0.4, 0.5) is 9.18 Å². The Bertz CT molecular complexity index is 1100. The lowest BCUT2D eigenvalue weighted by molar-refractivity contribution is 0.0153. The summed E-state index contributed by atoms with van der Waals surface area (Å²) in [4.78, 5) is 16.3. The average Bonchev–Trinajstić information content (AvgIpc) is 3.20. The van der Waals surface area contributed by atoms with Gasteiger partial charge in [0.25, 0.3) is 0 Å². The summed E-state index contributed by atoms with van der Waals surface area (Å²) in [5.74, 6) is -0.224. The molecule has 2 aromatic carbocycles. The molecule has 0 saturated carbocycles. The van der Waals surface area contributed by atoms with Crippen molar-refractivity contribution in [1.82, 2.24) is 20.0 Å². The topological polar surface area (TPSA) is 61.5 Å². The molecule has 0 radical (unpaired) electrons. The summed E-state index contributed by atoms with van der Waals surface area (Å²) in [5.41, 5.74) is 2.82. The van der Waals surface area contributed by atoms with Crippen LogP contribution in [0, 0.1) is 5.82 Å². The number of carbonyl (C=O) groups is 1. The van der Waals surface area contributed by atoms with Crippen LogP contribution in [-0.4, -0.2) is 57.9 Å². The molecule has 0 atom stereocenters. The molecule has 0 unspecified atom stereocenters. The minimum absolute atomic E-state index is 0.224. The highest BCUT2D eigenvalue weighted by atomic mass is 19.1. The number of aromatic amines is 1. The summed E-state index contributed by atoms with van der Waals surface area (Å²) in [6.45, 7) is 7.65. The third-order valence-electron chi connectivity index (χ3n) is 5.96. The smallest absolute Gasteiger partial charge is 0.410 e. The van der Waals surface area contributed by atoms with Crippen molar-refractivity contribution >= 4 is 17.0 Å². The van der Waals surface area contributed by atoms with Gasteiger partial charge in [-0.15, -0.1) is 0 Å². The van der Waals surface area contributed by atoms with E-state index in [1.807, 2.05) is 51.1 Å². The standard InChI is InChI=1S/C25H31FN4O2/c1-25(2,3)32-24(31)30-11-9-20(10-12-30)29(4)16-17-5-7-21(22(26)13-17)18-6-8-23-19(14-18)15-27-28-23/h5-8,13-15,20H,9-12,16H2,1-4H3,(H,27,28). The Hall–Kier alpha value is -2.93. The second-order valence-electron chi connectivity index (χ2n) is 9.60. The van der Waals surface area contributed by atoms with Crippen LogP contribution in [0.15, 0.2) is 42.6 Å². The van der Waals surface area contributed by atoms with Crippen molar-refractivity contribution in [3.63, 3.8) is 0 Å². The number of ether oxygens (including phenoxy) is 1. The van der Waals surface area contributed by atoms with Gasteiger partial charge in [-0.2, -0.15) is 5.10 Å². The van der Waals surface area contributed by atoms with Gasteiger partial charge in [0.15, 0.2) is 0 Å². The number of rotatable bonds is 4. The number of fused-ring (bicyclic) bond motifs is 1. The van der Waals surface area contributed by atoms with Crippen molar-refractivity contribution in [3.05, 3.63) is 54.0 Å². The minimum atomic E-state index is -0.481. The van der Waals surface area contributed by atoms with Gasteiger partial charge in [0.1, 0.15) is 11.4 Å². The predicted octanol–water partition coefficient (Wildman–Crippen LogP) is 5.20. The quantitative estimate of drug-likeness (QED) is 0.608. The second-order valence-corrected chi connectivity index (χ2v) is 9.60. The average molecular weight is 439 g/mol. The van der Waals surface area contributed by atoms with Crippen LogP contribution >= 0.6 is 0 Å². The van der Waals surface area contributed by atoms with E-state index in [9.17, 15) is 9.18 Å². The molecule has 6 nitrogen and oxygen atoms in total. The maximum Gasteiger partial charge on any atom is 0.410 e. The number of hydrogen-bond acceptors (Lipinski definition) is 4. The van der Waals surface area contributed by atoms with Crippen molar-refractivity contribution in [1.29, 1.82) is 0 Å². The Morgan fingerprint density at radius 2 is 1.97 bits per heavy atom. The lowest BCUT2D eigenvalue weighted by Gasteiger charge is -2.37. The fraction of sp³-hybridized carbons (Fsp3) is 0.440. The second kappa shape index (κ2) is 8.90. The van der Waals surface area contributed by atoms with Crippen LogP contribution < -0.4 is 0 Å². The lowest BCUT2D eigenvalue weighted by Crippen LogP contribution is -2.46. The number of likely N-dealkylation sites (tertiary alicyclic amines) is 1. The fourth-order valence-corrected chi connectivity index (χ4v) is 4.23. The van der Waals surface area contributed by atoms with Gasteiger partial charge in [-0.3, -0.25) is 10.00 Å². The normalized spacial score (nSPS) is 15.5. The maximum atomic E-state index is 14.9. The van der Waals surface area contributed by atoms with Gasteiger partial charge >= 0.3 is 6.09 Å². The van der Waals surface area contributed by atoms with Gasteiger partial charge in [-0.05, 0) is 70.0 Å². The first-order valence-corrected chi connectivity index (χ1v) is 11.1. The SMILES string of the molecule is CN(Cc1ccc(-c2ccc3[nH]ncc3c2)c(F)c1)C1CCN(C(=O)OC(C)(C)C)CC1. The Kier molecular flexibility index (Phi) is 6.20. The highest BCUT2D eigenvalue weighted by Crippen LogP contribution is 2.27. The van der Waals surface area contributed by atoms with E-state index >= 15 is 0 Å². The van der Waals surface area contributed by atoms with Crippen molar-refractivity contribution in [2.24, 2.45) is 0 Å². The molecule has 4 rings (SSSR count). The Balaban J connectivity index is 1.36. The van der Waals surface area contributed by atoms with Gasteiger partial charge < -0.3 is 9.64 Å². The molecular formula is C25H31FN4O2. The van der Waals surface area contributed by atoms with E-state index in [0.717, 1.165) is 34.9 Å². The first kappa shape index (κ1) is 22.3. The maximum absolute atomic E-state index is 14.9. The number of halogens is 1. The van der Waals surface area contributed by atoms with Gasteiger partial charge in [-0.1, -0.05) is 18.2 Å². The van der Waals surface area contributed by atoms with E-state index < -0.39 is 5.60 Å². The first-order valence-electron chi connectivity index (χ1n) is 11.1. The largest absolute Gasteiger partial charge is 0.444 e. The Morgan fingerprint density at radius 3 is 2.66 bits per heavy atom. The fourth-order valence-electron chi connectivity index (χ4n) is 4.23. The highest BCUT2D eigenvalue weighted by molar-refractivity contribution is 5.84. The van der Waals surface area contributed by atoms with Crippen LogP contribution in [0.3, 0.4) is 0 Å². The van der Waals surface area contributed by atoms with E-state index in [0.29, 0.717) is 31.2 Å². The van der Waals surface area contributed by atoms with Crippen LogP contribution in [0.25, 0.3) is 22.0 Å². The third kappa shape index (κ3) is 5.10. The number of H-pyrrole nitrogens is 1. The highest BCUT2D eigenvalue weighted by Gasteiger charge is 2.28. The van der Waals surface area contributed by atoms with Gasteiger partial charge in [0.05, 0.1) is 11.7 Å². The molecule has 170 valence electrons. The summed E-state index contributed by atoms with van der Waals surface area (Å²) in [7, 11) is 2.06. The monoisotopic (exact) mass is 438 g/mol. The molecule has 2 heterocycles. The predicted molar refractivity (Wildman–Crippen MR) is 124 cm³/mol. The molecule has 0 spiro atoms. The van der Waals surface area contributed by atoms with Crippen molar-refractivity contribution in [3.8, 4) is 11.1 Å². The third-order valence-corrected chi connectivity index (χ3v) is 5.96. The number of piperidine rings is 1. The molecule has 0 aliphatic carbocycles. The molecule has 1 N–H and O–H groups in total. The van der Waals surface area contributed by atoms with Crippen LogP contribution in [0.2, 0.25) is 0 Å². The van der Waals surface area contributed by atoms with Crippen LogP contribution in [-0.2, 0) is 11.3 Å². The summed E-state index contributed by atoms with van der Waals surface area (Å²) >= 11 is 0. The zero-order valence-corrected chi connectivity index (χ0v) is 19.2. The molecule has 1 saturated heterocycles. The number of benzene rings is 2. The number of aromatic nitrogens is 2. The number of nitrogens with one attached hydrogen (secondary N) is 1. The number of nitrogens with zero attached hydrogens (tertiary/aromatic N) is 3. The lowest BCUT2D eigenvalue weighted by atomic mass is 10.0. The number of carbonyl (C=O) groups excluding carboxylic acids is 1. The molecule has 3 aromatic rings. The van der Waals surface area contributed by atoms with Gasteiger partial charge in [-0.25, -0.2) is 9.18 Å². The van der Waals surface area contributed by atoms with Crippen molar-refractivity contribution < 1.29 is 13.9 Å². The van der Waals surface area contributed by atoms with Crippen molar-refractivity contribution in [2.75, 3.05) is 20.1 Å². The van der Waals surface area contributed by atoms with Gasteiger partial charge in [0.2, 0.25) is 0 Å². The Labute approximate surface area is 188 Å². The van der Waals surface area contributed by atoms with Crippen molar-refractivity contribution in [2.45, 2.75) is 51.8 Å². The van der Waals surface area contributed by atoms with Gasteiger partial charge in [0, 0.05) is 36.6 Å².